The largest absolute Gasteiger partial charge is 0.380 e. The number of hydrogen-bond donors (Lipinski definition) is 2. The van der Waals surface area contributed by atoms with Gasteiger partial charge in [0.25, 0.3) is 5.91 Å². The van der Waals surface area contributed by atoms with Gasteiger partial charge in [0.05, 0.1) is 0 Å². The summed E-state index contributed by atoms with van der Waals surface area (Å²) in [5.41, 5.74) is 5.76. The molecule has 0 saturated carbocycles. The van der Waals surface area contributed by atoms with Crippen molar-refractivity contribution in [1.29, 1.82) is 0 Å². The first kappa shape index (κ1) is 9.95. The first-order chi connectivity index (χ1) is 7.18. The van der Waals surface area contributed by atoms with Crippen molar-refractivity contribution in [3.63, 3.8) is 0 Å². The van der Waals surface area contributed by atoms with Crippen molar-refractivity contribution in [3.8, 4) is 0 Å². The van der Waals surface area contributed by atoms with Gasteiger partial charge in [-0.1, -0.05) is 6.92 Å². The van der Waals surface area contributed by atoms with E-state index in [1.807, 2.05) is 0 Å². The van der Waals surface area contributed by atoms with E-state index in [9.17, 15) is 4.79 Å². The molecular weight excluding hydrogens is 194 g/mol. The van der Waals surface area contributed by atoms with Crippen LogP contribution in [0.3, 0.4) is 0 Å². The van der Waals surface area contributed by atoms with Gasteiger partial charge >= 0.3 is 0 Å². The van der Waals surface area contributed by atoms with Crippen LogP contribution in [0.15, 0.2) is 0 Å². The van der Waals surface area contributed by atoms with E-state index >= 15 is 0 Å². The summed E-state index contributed by atoms with van der Waals surface area (Å²) >= 11 is 0. The van der Waals surface area contributed by atoms with Gasteiger partial charge < -0.3 is 10.6 Å². The van der Waals surface area contributed by atoms with E-state index in [1.165, 1.54) is 0 Å². The molecule has 2 rings (SSSR count). The van der Waals surface area contributed by atoms with Gasteiger partial charge in [0.15, 0.2) is 11.5 Å². The second-order valence-electron chi connectivity index (χ2n) is 4.03. The highest BCUT2D eigenvalue weighted by Gasteiger charge is 2.24. The van der Waals surface area contributed by atoms with Crippen molar-refractivity contribution in [1.82, 2.24) is 20.3 Å². The van der Waals surface area contributed by atoms with Gasteiger partial charge in [-0.2, -0.15) is 5.21 Å². The molecule has 1 aromatic heterocycles. The zero-order valence-corrected chi connectivity index (χ0v) is 8.73. The van der Waals surface area contributed by atoms with E-state index in [-0.39, 0.29) is 17.4 Å². The fraction of sp³-hybridized carbons (Fsp3) is 0.667. The summed E-state index contributed by atoms with van der Waals surface area (Å²) in [6, 6.07) is 0. The maximum atomic E-state index is 11.9. The smallest absolute Gasteiger partial charge is 0.278 e. The molecule has 0 bridgehead atoms. The molecule has 1 amide bonds. The number of carbonyl (C=O) groups is 1. The predicted octanol–water partition coefficient (Wildman–Crippen LogP) is 0.259. The highest BCUT2D eigenvalue weighted by molar-refractivity contribution is 5.96. The van der Waals surface area contributed by atoms with Crippen LogP contribution in [0.5, 0.6) is 0 Å². The number of nitrogens with one attached hydrogen (secondary N) is 1. The molecule has 0 spiro atoms. The Kier molecular flexibility index (Phi) is 2.57. The highest BCUT2D eigenvalue weighted by Crippen LogP contribution is 2.18. The average Bonchev–Trinajstić information content (AvgIpc) is 2.65. The first-order valence-electron chi connectivity index (χ1n) is 5.14. The van der Waals surface area contributed by atoms with Gasteiger partial charge in [-0.3, -0.25) is 4.79 Å². The lowest BCUT2D eigenvalue weighted by Crippen LogP contribution is -2.38. The predicted molar refractivity (Wildman–Crippen MR) is 55.1 cm³/mol. The fourth-order valence-electron chi connectivity index (χ4n) is 1.76. The Bertz CT molecular complexity index is 353. The molecular formula is C9H15N5O. The van der Waals surface area contributed by atoms with Crippen LogP contribution in [0.25, 0.3) is 0 Å². The Balaban J connectivity index is 2.06. The minimum atomic E-state index is -0.117. The number of anilines is 1. The van der Waals surface area contributed by atoms with Gasteiger partial charge in [0, 0.05) is 13.1 Å². The van der Waals surface area contributed by atoms with Crippen LogP contribution in [0.4, 0.5) is 5.82 Å². The van der Waals surface area contributed by atoms with E-state index in [2.05, 4.69) is 22.3 Å². The molecule has 6 nitrogen and oxygen atoms in total. The summed E-state index contributed by atoms with van der Waals surface area (Å²) in [6.45, 7) is 3.77. The lowest BCUT2D eigenvalue weighted by molar-refractivity contribution is 0.0692. The number of likely N-dealkylation sites (tertiary alicyclic amines) is 1. The Morgan fingerprint density at radius 3 is 2.67 bits per heavy atom. The number of H-pyrrole nitrogens is 1. The average molecular weight is 209 g/mol. The topological polar surface area (TPSA) is 87.9 Å². The first-order valence-corrected chi connectivity index (χ1v) is 5.14. The lowest BCUT2D eigenvalue weighted by Gasteiger charge is -2.29. The van der Waals surface area contributed by atoms with E-state index in [4.69, 9.17) is 5.73 Å². The van der Waals surface area contributed by atoms with Gasteiger partial charge in [-0.25, -0.2) is 0 Å². The van der Waals surface area contributed by atoms with Crippen molar-refractivity contribution in [3.05, 3.63) is 5.69 Å². The summed E-state index contributed by atoms with van der Waals surface area (Å²) in [4.78, 5) is 13.7. The molecule has 0 unspecified atom stereocenters. The molecule has 1 aliphatic rings. The molecule has 6 heteroatoms. The molecule has 1 fully saturated rings. The number of hydrogen-bond acceptors (Lipinski definition) is 4. The van der Waals surface area contributed by atoms with Crippen molar-refractivity contribution in [2.75, 3.05) is 18.8 Å². The highest BCUT2D eigenvalue weighted by atomic mass is 16.2. The third-order valence-corrected chi connectivity index (χ3v) is 2.85. The number of aromatic nitrogens is 3. The molecule has 1 aromatic rings. The summed E-state index contributed by atoms with van der Waals surface area (Å²) in [6.07, 6.45) is 2.09. The van der Waals surface area contributed by atoms with E-state index in [1.54, 1.807) is 4.90 Å². The fourth-order valence-corrected chi connectivity index (χ4v) is 1.76. The second-order valence-corrected chi connectivity index (χ2v) is 4.03. The Hall–Kier alpha value is -1.59. The number of piperidine rings is 1. The molecule has 0 radical (unpaired) electrons. The monoisotopic (exact) mass is 209 g/mol. The Labute approximate surface area is 87.8 Å². The molecule has 2 heterocycles. The summed E-state index contributed by atoms with van der Waals surface area (Å²) in [5, 5.41) is 9.75. The molecule has 15 heavy (non-hydrogen) atoms. The molecule has 82 valence electrons. The maximum absolute atomic E-state index is 11.9. The second kappa shape index (κ2) is 3.88. The molecule has 0 atom stereocenters. The zero-order valence-electron chi connectivity index (χ0n) is 8.73. The van der Waals surface area contributed by atoms with Crippen molar-refractivity contribution in [2.45, 2.75) is 19.8 Å². The van der Waals surface area contributed by atoms with Gasteiger partial charge in [-0.15, -0.1) is 10.2 Å². The number of rotatable bonds is 1. The van der Waals surface area contributed by atoms with Crippen molar-refractivity contribution >= 4 is 11.7 Å². The summed E-state index contributed by atoms with van der Waals surface area (Å²) in [7, 11) is 0. The standard InChI is InChI=1S/C9H15N5O/c1-6-2-4-14(5-3-6)9(15)7-8(10)12-13-11-7/h6H,2-5H2,1H3,(H3,10,11,12,13). The molecule has 1 saturated heterocycles. The van der Waals surface area contributed by atoms with Crippen LogP contribution in [0, 0.1) is 5.92 Å². The van der Waals surface area contributed by atoms with Gasteiger partial charge in [0.2, 0.25) is 0 Å². The molecule has 0 aliphatic carbocycles. The van der Waals surface area contributed by atoms with Crippen LogP contribution < -0.4 is 5.73 Å². The van der Waals surface area contributed by atoms with Crippen molar-refractivity contribution in [2.24, 2.45) is 5.92 Å². The van der Waals surface area contributed by atoms with Crippen LogP contribution in [0.1, 0.15) is 30.3 Å². The number of nitrogens with two attached hydrogens (primary N) is 1. The summed E-state index contributed by atoms with van der Waals surface area (Å²) < 4.78 is 0. The van der Waals surface area contributed by atoms with Crippen molar-refractivity contribution < 1.29 is 4.79 Å². The SMILES string of the molecule is CC1CCN(C(=O)c2n[nH]nc2N)CC1. The van der Waals surface area contributed by atoms with E-state index in [0.717, 1.165) is 25.9 Å². The molecule has 1 aliphatic heterocycles. The lowest BCUT2D eigenvalue weighted by atomic mass is 9.99. The number of nitrogen functional groups attached to an aromatic ring is 1. The quantitative estimate of drug-likeness (QED) is 0.694. The Morgan fingerprint density at radius 2 is 2.13 bits per heavy atom. The third-order valence-electron chi connectivity index (χ3n) is 2.85. The van der Waals surface area contributed by atoms with E-state index < -0.39 is 0 Å². The molecule has 3 N–H and O–H groups in total. The Morgan fingerprint density at radius 1 is 1.47 bits per heavy atom. The van der Waals surface area contributed by atoms with Gasteiger partial charge in [-0.05, 0) is 18.8 Å². The van der Waals surface area contributed by atoms with Gasteiger partial charge in [0.1, 0.15) is 0 Å². The number of carbonyl (C=O) groups excluding carboxylic acids is 1. The minimum Gasteiger partial charge on any atom is -0.380 e. The zero-order chi connectivity index (χ0) is 10.8. The van der Waals surface area contributed by atoms with Crippen LogP contribution in [-0.4, -0.2) is 39.3 Å². The number of aromatic amines is 1. The maximum Gasteiger partial charge on any atom is 0.278 e. The van der Waals surface area contributed by atoms with Crippen LogP contribution in [0.2, 0.25) is 0 Å². The number of nitrogens with zero attached hydrogens (tertiary/aromatic N) is 3. The minimum absolute atomic E-state index is 0.117. The van der Waals surface area contributed by atoms with Crippen LogP contribution >= 0.6 is 0 Å². The number of amides is 1. The molecule has 0 aromatic carbocycles. The normalized spacial score (nSPS) is 18.1. The van der Waals surface area contributed by atoms with Crippen LogP contribution in [-0.2, 0) is 0 Å². The van der Waals surface area contributed by atoms with E-state index in [0.29, 0.717) is 5.92 Å². The summed E-state index contributed by atoms with van der Waals surface area (Å²) in [5.74, 6) is 0.760. The third kappa shape index (κ3) is 1.93.